The van der Waals surface area contributed by atoms with E-state index in [0.717, 1.165) is 29.6 Å². The molecule has 3 aliphatic rings. The van der Waals surface area contributed by atoms with Crippen molar-refractivity contribution in [1.82, 2.24) is 0 Å². The van der Waals surface area contributed by atoms with Gasteiger partial charge in [-0.05, 0) is 66.1 Å². The minimum Gasteiger partial charge on any atom is -0.0648 e. The Morgan fingerprint density at radius 2 is 1.62 bits per heavy atom. The molecule has 0 saturated heterocycles. The monoisotopic (exact) mass is 220 g/mol. The Morgan fingerprint density at radius 3 is 2.06 bits per heavy atom. The molecule has 0 amide bonds. The highest BCUT2D eigenvalue weighted by Gasteiger charge is 2.65. The lowest BCUT2D eigenvalue weighted by Crippen LogP contribution is -2.43. The first-order valence-electron chi connectivity index (χ1n) is 7.41. The third-order valence-corrected chi connectivity index (χ3v) is 7.37. The summed E-state index contributed by atoms with van der Waals surface area (Å²) in [5.41, 5.74) is 1.23. The second-order valence-corrected chi connectivity index (χ2v) is 7.81. The average molecular weight is 220 g/mol. The Kier molecular flexibility index (Phi) is 2.12. The van der Waals surface area contributed by atoms with E-state index in [9.17, 15) is 0 Å². The van der Waals surface area contributed by atoms with Crippen molar-refractivity contribution < 1.29 is 0 Å². The van der Waals surface area contributed by atoms with Crippen LogP contribution in [0.4, 0.5) is 0 Å². The van der Waals surface area contributed by atoms with Gasteiger partial charge in [-0.25, -0.2) is 0 Å². The van der Waals surface area contributed by atoms with Crippen LogP contribution in [0, 0.1) is 40.4 Å². The van der Waals surface area contributed by atoms with Crippen LogP contribution >= 0.6 is 0 Å². The Morgan fingerprint density at radius 1 is 1.00 bits per heavy atom. The van der Waals surface area contributed by atoms with Crippen LogP contribution in [0.25, 0.3) is 0 Å². The van der Waals surface area contributed by atoms with E-state index in [1.54, 1.807) is 12.8 Å². The predicted molar refractivity (Wildman–Crippen MR) is 69.2 cm³/mol. The molecular weight excluding hydrogens is 192 g/mol. The van der Waals surface area contributed by atoms with Crippen LogP contribution in [0.3, 0.4) is 0 Å². The summed E-state index contributed by atoms with van der Waals surface area (Å²) in [6.07, 6.45) is 6.03. The smallest absolute Gasteiger partial charge is 0.0246 e. The molecule has 0 spiro atoms. The summed E-state index contributed by atoms with van der Waals surface area (Å²) >= 11 is 0. The van der Waals surface area contributed by atoms with Gasteiger partial charge in [0.05, 0.1) is 0 Å². The van der Waals surface area contributed by atoms with Crippen molar-refractivity contribution >= 4 is 0 Å². The van der Waals surface area contributed by atoms with Crippen LogP contribution in [0.2, 0.25) is 0 Å². The van der Waals surface area contributed by atoms with Gasteiger partial charge in [-0.1, -0.05) is 34.6 Å². The molecule has 3 saturated carbocycles. The predicted octanol–water partition coefficient (Wildman–Crippen LogP) is 4.74. The topological polar surface area (TPSA) is 0 Å². The standard InChI is InChI=1S/C16H28/c1-6-16(5)11-8-13(12-7-10(12)2)14(9-11)15(16,3)4/h10-14H,6-9H2,1-5H3. The first-order chi connectivity index (χ1) is 7.41. The maximum atomic E-state index is 2.57. The Hall–Kier alpha value is 0. The summed E-state index contributed by atoms with van der Waals surface area (Å²) in [6.45, 7) is 12.6. The molecule has 2 bridgehead atoms. The van der Waals surface area contributed by atoms with Crippen LogP contribution in [0.1, 0.15) is 60.3 Å². The lowest BCUT2D eigenvalue weighted by atomic mass is 9.54. The quantitative estimate of drug-likeness (QED) is 0.630. The third-order valence-electron chi connectivity index (χ3n) is 7.37. The molecule has 0 heterocycles. The van der Waals surface area contributed by atoms with E-state index in [1.165, 1.54) is 12.8 Å². The van der Waals surface area contributed by atoms with Crippen LogP contribution in [0.15, 0.2) is 0 Å². The number of hydrogen-bond acceptors (Lipinski definition) is 0. The molecule has 0 nitrogen and oxygen atoms in total. The largest absolute Gasteiger partial charge is 0.0648 e. The zero-order chi connectivity index (χ0) is 11.7. The van der Waals surface area contributed by atoms with Gasteiger partial charge < -0.3 is 0 Å². The second kappa shape index (κ2) is 3.06. The molecule has 92 valence electrons. The van der Waals surface area contributed by atoms with Crippen molar-refractivity contribution in [2.24, 2.45) is 40.4 Å². The van der Waals surface area contributed by atoms with Gasteiger partial charge in [-0.15, -0.1) is 0 Å². The molecule has 0 aromatic carbocycles. The van der Waals surface area contributed by atoms with Crippen molar-refractivity contribution in [3.63, 3.8) is 0 Å². The van der Waals surface area contributed by atoms with Crippen molar-refractivity contribution in [2.75, 3.05) is 0 Å². The van der Waals surface area contributed by atoms with Gasteiger partial charge in [0.15, 0.2) is 0 Å². The molecule has 0 aromatic heterocycles. The van der Waals surface area contributed by atoms with E-state index in [1.807, 2.05) is 0 Å². The summed E-state index contributed by atoms with van der Waals surface area (Å²) in [5.74, 6) is 5.33. The van der Waals surface area contributed by atoms with Gasteiger partial charge in [0.25, 0.3) is 0 Å². The zero-order valence-electron chi connectivity index (χ0n) is 11.7. The molecule has 3 aliphatic carbocycles. The maximum Gasteiger partial charge on any atom is -0.0246 e. The molecule has 6 unspecified atom stereocenters. The van der Waals surface area contributed by atoms with Gasteiger partial charge in [-0.3, -0.25) is 0 Å². The van der Waals surface area contributed by atoms with E-state index < -0.39 is 0 Å². The van der Waals surface area contributed by atoms with Crippen LogP contribution in [-0.2, 0) is 0 Å². The van der Waals surface area contributed by atoms with E-state index in [-0.39, 0.29) is 0 Å². The number of hydrogen-bond donors (Lipinski definition) is 0. The zero-order valence-corrected chi connectivity index (χ0v) is 11.7. The molecule has 16 heavy (non-hydrogen) atoms. The fourth-order valence-electron chi connectivity index (χ4n) is 5.53. The lowest BCUT2D eigenvalue weighted by molar-refractivity contribution is -0.0183. The minimum atomic E-state index is 0.595. The summed E-state index contributed by atoms with van der Waals surface area (Å²) in [7, 11) is 0. The first kappa shape index (κ1) is 11.1. The molecule has 0 radical (unpaired) electrons. The normalized spacial score (nSPS) is 57.9. The fraction of sp³-hybridized carbons (Fsp3) is 1.00. The van der Waals surface area contributed by atoms with E-state index >= 15 is 0 Å². The van der Waals surface area contributed by atoms with Crippen molar-refractivity contribution in [3.05, 3.63) is 0 Å². The first-order valence-corrected chi connectivity index (χ1v) is 7.41. The molecule has 0 N–H and O–H groups in total. The minimum absolute atomic E-state index is 0.595. The van der Waals surface area contributed by atoms with Crippen molar-refractivity contribution in [2.45, 2.75) is 60.3 Å². The van der Waals surface area contributed by atoms with Gasteiger partial charge in [0, 0.05) is 0 Å². The van der Waals surface area contributed by atoms with E-state index in [0.29, 0.717) is 10.8 Å². The Labute approximate surface area is 101 Å². The highest BCUT2D eigenvalue weighted by atomic mass is 14.7. The molecule has 0 aliphatic heterocycles. The van der Waals surface area contributed by atoms with Crippen LogP contribution < -0.4 is 0 Å². The highest BCUT2D eigenvalue weighted by Crippen LogP contribution is 2.72. The van der Waals surface area contributed by atoms with E-state index in [2.05, 4.69) is 34.6 Å². The maximum absolute atomic E-state index is 2.57. The Balaban J connectivity index is 1.87. The summed E-state index contributed by atoms with van der Waals surface area (Å²) in [5, 5.41) is 0. The fourth-order valence-corrected chi connectivity index (χ4v) is 5.53. The van der Waals surface area contributed by atoms with Crippen LogP contribution in [0.5, 0.6) is 0 Å². The van der Waals surface area contributed by atoms with E-state index in [4.69, 9.17) is 0 Å². The summed E-state index contributed by atoms with van der Waals surface area (Å²) < 4.78 is 0. The molecular formula is C16H28. The summed E-state index contributed by atoms with van der Waals surface area (Å²) in [6, 6.07) is 0. The summed E-state index contributed by atoms with van der Waals surface area (Å²) in [4.78, 5) is 0. The highest BCUT2D eigenvalue weighted by molar-refractivity contribution is 5.13. The van der Waals surface area contributed by atoms with Gasteiger partial charge in [-0.2, -0.15) is 0 Å². The average Bonchev–Trinajstić information content (AvgIpc) is 2.75. The molecule has 6 atom stereocenters. The lowest BCUT2D eigenvalue weighted by Gasteiger charge is -2.50. The second-order valence-electron chi connectivity index (χ2n) is 7.81. The van der Waals surface area contributed by atoms with Crippen LogP contribution in [-0.4, -0.2) is 0 Å². The van der Waals surface area contributed by atoms with Crippen molar-refractivity contribution in [3.8, 4) is 0 Å². The number of rotatable bonds is 2. The molecule has 3 fully saturated rings. The Bertz CT molecular complexity index is 303. The third kappa shape index (κ3) is 1.12. The number of fused-ring (bicyclic) bond motifs is 2. The van der Waals surface area contributed by atoms with Gasteiger partial charge >= 0.3 is 0 Å². The molecule has 0 aromatic rings. The molecule has 0 heteroatoms. The van der Waals surface area contributed by atoms with Crippen molar-refractivity contribution in [1.29, 1.82) is 0 Å². The molecule has 3 rings (SSSR count). The van der Waals surface area contributed by atoms with Gasteiger partial charge in [0.2, 0.25) is 0 Å². The SMILES string of the molecule is CCC1(C)C2CC(C3CC3C)C(C2)C1(C)C. The van der Waals surface area contributed by atoms with Gasteiger partial charge in [0.1, 0.15) is 0 Å².